The summed E-state index contributed by atoms with van der Waals surface area (Å²) in [7, 11) is 1.40. The largest absolute Gasteiger partial charge is 0.463 e. The Labute approximate surface area is 498 Å². The van der Waals surface area contributed by atoms with Gasteiger partial charge in [0.1, 0.15) is 11.5 Å². The Morgan fingerprint density at radius 1 is 0.615 bits per heavy atom. The highest BCUT2D eigenvalue weighted by Crippen LogP contribution is 2.41. The monoisotopic (exact) mass is 1300 g/mol. The number of nitrogens with one attached hydrogen (secondary N) is 2. The van der Waals surface area contributed by atoms with Crippen molar-refractivity contribution in [3.05, 3.63) is 102 Å². The smallest absolute Gasteiger partial charge is 0.412 e. The van der Waals surface area contributed by atoms with Crippen molar-refractivity contribution in [2.75, 3.05) is 54.7 Å². The summed E-state index contributed by atoms with van der Waals surface area (Å²) in [5.41, 5.74) is 1.61. The highest BCUT2D eigenvalue weighted by Gasteiger charge is 2.37. The molecule has 428 valence electrons. The zero-order valence-corrected chi connectivity index (χ0v) is 51.5. The predicted molar refractivity (Wildman–Crippen MR) is 305 cm³/mol. The van der Waals surface area contributed by atoms with Crippen LogP contribution in [0.3, 0.4) is 0 Å². The maximum Gasteiger partial charge on any atom is 0.412 e. The van der Waals surface area contributed by atoms with Gasteiger partial charge in [0.05, 0.1) is 13.2 Å². The van der Waals surface area contributed by atoms with E-state index in [1.807, 2.05) is 0 Å². The van der Waals surface area contributed by atoms with Crippen molar-refractivity contribution in [3.8, 4) is 22.9 Å². The minimum atomic E-state index is -2.52. The van der Waals surface area contributed by atoms with Gasteiger partial charge in [0.15, 0.2) is 17.5 Å². The molecule has 0 spiro atoms. The Kier molecular flexibility index (Phi) is 29.1. The molecule has 31 heteroatoms. The number of rotatable bonds is 27. The van der Waals surface area contributed by atoms with Gasteiger partial charge in [-0.2, -0.15) is 0 Å². The van der Waals surface area contributed by atoms with E-state index in [-0.39, 0.29) is 48.2 Å². The van der Waals surface area contributed by atoms with Crippen LogP contribution in [0.2, 0.25) is 24.2 Å². The molecule has 2 heterocycles. The summed E-state index contributed by atoms with van der Waals surface area (Å²) < 4.78 is 43.0. The van der Waals surface area contributed by atoms with Crippen LogP contribution in [0.1, 0.15) is 61.6 Å². The molecular formula is C47H56Cl9N7O13Si2. The Bertz CT molecular complexity index is 2580. The quantitative estimate of drug-likeness (QED) is 0.0185. The second kappa shape index (κ2) is 33.2. The third-order valence-corrected chi connectivity index (χ3v) is 19.5. The number of alkyl halides is 9. The zero-order valence-electron chi connectivity index (χ0n) is 42.7. The van der Waals surface area contributed by atoms with E-state index in [2.05, 4.69) is 48.9 Å². The molecule has 4 rings (SSSR count). The van der Waals surface area contributed by atoms with Gasteiger partial charge >= 0.3 is 41.2 Å². The molecule has 0 aliphatic heterocycles. The lowest BCUT2D eigenvalue weighted by Gasteiger charge is -2.27. The van der Waals surface area contributed by atoms with Gasteiger partial charge in [-0.3, -0.25) is 0 Å². The lowest BCUT2D eigenvalue weighted by atomic mass is 10.2. The van der Waals surface area contributed by atoms with E-state index in [0.29, 0.717) is 79.8 Å². The first-order valence-corrected chi connectivity index (χ1v) is 31.0. The van der Waals surface area contributed by atoms with Crippen LogP contribution in [0.15, 0.2) is 77.8 Å². The molecule has 0 atom stereocenters. The first-order valence-electron chi connectivity index (χ1n) is 23.1. The summed E-state index contributed by atoms with van der Waals surface area (Å²) >= 11 is 52.6. The van der Waals surface area contributed by atoms with E-state index in [4.69, 9.17) is 145 Å². The van der Waals surface area contributed by atoms with Gasteiger partial charge in [0.2, 0.25) is 13.5 Å². The van der Waals surface area contributed by atoms with Crippen LogP contribution in [0.4, 0.5) is 9.59 Å². The molecule has 0 saturated carbocycles. The van der Waals surface area contributed by atoms with Crippen LogP contribution >= 0.6 is 104 Å². The Hall–Kier alpha value is -3.83. The number of carbonyl (C=O) groups is 4. The Morgan fingerprint density at radius 3 is 1.47 bits per heavy atom. The highest BCUT2D eigenvalue weighted by molar-refractivity contribution is 6.68. The summed E-state index contributed by atoms with van der Waals surface area (Å²) in [6.07, 6.45) is 5.58. The molecule has 2 amide bonds. The fraction of sp³-hybridized carbons (Fsp3) is 0.426. The van der Waals surface area contributed by atoms with Gasteiger partial charge < -0.3 is 51.7 Å². The number of carbonyl (C=O) groups excluding carboxylic acids is 4. The minimum absolute atomic E-state index is 0.0801. The van der Waals surface area contributed by atoms with Crippen molar-refractivity contribution < 1.29 is 60.2 Å². The highest BCUT2D eigenvalue weighted by atomic mass is 35.6. The summed E-state index contributed by atoms with van der Waals surface area (Å²) in [5, 5.41) is 12.9. The number of hydrogen-bond acceptors (Lipinski definition) is 18. The van der Waals surface area contributed by atoms with Crippen molar-refractivity contribution in [1.82, 2.24) is 35.8 Å². The average Bonchev–Trinajstić information content (AvgIpc) is 3.90. The van der Waals surface area contributed by atoms with Crippen LogP contribution in [-0.4, -0.2) is 121 Å². The second-order valence-electron chi connectivity index (χ2n) is 16.1. The first kappa shape index (κ1) is 68.4. The Morgan fingerprint density at radius 2 is 1.06 bits per heavy atom. The van der Waals surface area contributed by atoms with E-state index in [9.17, 15) is 19.2 Å². The minimum Gasteiger partial charge on any atom is -0.463 e. The van der Waals surface area contributed by atoms with E-state index in [1.165, 1.54) is 12.1 Å². The first-order chi connectivity index (χ1) is 36.7. The number of ether oxygens (including phenoxy) is 4. The third-order valence-electron chi connectivity index (χ3n) is 10.5. The number of nitrogens with zero attached hydrogens (tertiary/aromatic N) is 5. The molecule has 0 saturated heterocycles. The third kappa shape index (κ3) is 24.5. The molecule has 78 heavy (non-hydrogen) atoms. The summed E-state index contributed by atoms with van der Waals surface area (Å²) in [6.45, 7) is 9.72. The van der Waals surface area contributed by atoms with Gasteiger partial charge in [0, 0.05) is 64.8 Å². The van der Waals surface area contributed by atoms with Crippen molar-refractivity contribution in [2.45, 2.75) is 68.2 Å². The van der Waals surface area contributed by atoms with Gasteiger partial charge in [0.25, 0.3) is 9.68 Å². The van der Waals surface area contributed by atoms with Crippen molar-refractivity contribution in [1.29, 1.82) is 0 Å². The molecule has 2 aromatic carbocycles. The zero-order chi connectivity index (χ0) is 58.2. The predicted octanol–water partition coefficient (Wildman–Crippen LogP) is 12.3. The summed E-state index contributed by atoms with van der Waals surface area (Å²) in [4.78, 5) is 59.3. The standard InChI is InChI=1S/C24H30Cl3N3O7Si.C23H26Cl6N4O6Si/c1-17(2)21(31)35-14-6-16-38(33-3,34-4)15-5-13-28-23(32)36-19-10-7-18(8-11-19)9-12-20-29-30-22(37-20)24(25,26)27;1-4-17(34)38-12-6-14-40(36-2,37-3)13-5-11-30-21(35)39-16-9-7-15(8-10-16)18-31-19(22(24,25)26)33-20(32-18)23(27,28)29/h7-12H,1,5-6,13-16H2,2-4H3,(H,28,32);4,7-10H,1,5-6,11-14H2,2-3H3,(H,30,35). The fourth-order valence-electron chi connectivity index (χ4n) is 6.48. The van der Waals surface area contributed by atoms with Gasteiger partial charge in [-0.1, -0.05) is 130 Å². The molecule has 4 aromatic rings. The number of benzene rings is 2. The molecule has 0 fully saturated rings. The second-order valence-corrected chi connectivity index (χ2v) is 30.3. The number of esters is 2. The van der Waals surface area contributed by atoms with Gasteiger partial charge in [-0.05, 0) is 105 Å². The molecule has 2 aromatic heterocycles. The van der Waals surface area contributed by atoms with E-state index in [0.717, 1.165) is 11.6 Å². The SMILES string of the molecule is C=C(C)C(=O)OCCC[Si](CCCNC(=O)Oc1ccc(C=Cc2nnc(C(Cl)(Cl)Cl)o2)cc1)(OC)OC.C=CC(=O)OCCC[Si](CCCNC(=O)Oc1ccc(-c2nc(C(Cl)(Cl)Cl)nc(C(Cl)(Cl)Cl)n2)cc1)(OC)OC. The Balaban J connectivity index is 0.000000411. The number of halogens is 9. The molecule has 2 N–H and O–H groups in total. The molecule has 0 radical (unpaired) electrons. The van der Waals surface area contributed by atoms with E-state index >= 15 is 0 Å². The molecule has 0 aliphatic carbocycles. The van der Waals surface area contributed by atoms with Crippen molar-refractivity contribution in [3.63, 3.8) is 0 Å². The maximum atomic E-state index is 12.3. The molecule has 20 nitrogen and oxygen atoms in total. The molecule has 0 bridgehead atoms. The molecular weight excluding hydrogens is 1250 g/mol. The number of hydrogen-bond donors (Lipinski definition) is 2. The summed E-state index contributed by atoms with van der Waals surface area (Å²) in [5.74, 6) is -0.598. The normalized spacial score (nSPS) is 12.0. The maximum absolute atomic E-state index is 12.3. The average molecular weight is 1300 g/mol. The fourth-order valence-corrected chi connectivity index (χ4v) is 12.5. The van der Waals surface area contributed by atoms with Crippen LogP contribution < -0.4 is 20.1 Å². The lowest BCUT2D eigenvalue weighted by Crippen LogP contribution is -2.41. The number of aromatic nitrogens is 5. The van der Waals surface area contributed by atoms with Crippen LogP contribution in [0, 0.1) is 0 Å². The van der Waals surface area contributed by atoms with Crippen molar-refractivity contribution in [2.24, 2.45) is 0 Å². The van der Waals surface area contributed by atoms with Gasteiger partial charge in [-0.15, -0.1) is 10.2 Å². The lowest BCUT2D eigenvalue weighted by molar-refractivity contribution is -0.139. The van der Waals surface area contributed by atoms with Gasteiger partial charge in [-0.25, -0.2) is 34.1 Å². The van der Waals surface area contributed by atoms with E-state index < -0.39 is 52.6 Å². The topological polar surface area (TPSA) is 244 Å². The van der Waals surface area contributed by atoms with Crippen LogP contribution in [-0.2, 0) is 48.1 Å². The molecule has 0 aliphatic rings. The summed E-state index contributed by atoms with van der Waals surface area (Å²) in [6, 6.07) is 15.5. The van der Waals surface area contributed by atoms with Crippen LogP contribution in [0.5, 0.6) is 11.5 Å². The molecule has 0 unspecified atom stereocenters. The van der Waals surface area contributed by atoms with Crippen molar-refractivity contribution >= 4 is 158 Å². The van der Waals surface area contributed by atoms with E-state index in [1.54, 1.807) is 83.9 Å². The number of amides is 2. The van der Waals surface area contributed by atoms with Crippen LogP contribution in [0.25, 0.3) is 23.5 Å².